The molecule has 2 heterocycles. The molecular formula is C20H24N4O3S. The summed E-state index contributed by atoms with van der Waals surface area (Å²) in [5, 5.41) is 12.0. The molecule has 1 N–H and O–H groups in total. The molecule has 0 radical (unpaired) electrons. The average Bonchev–Trinajstić information content (AvgIpc) is 3.28. The van der Waals surface area contributed by atoms with Crippen molar-refractivity contribution in [1.29, 1.82) is 0 Å². The van der Waals surface area contributed by atoms with E-state index in [4.69, 9.17) is 9.15 Å². The fraction of sp³-hybridized carbons (Fsp3) is 0.350. The number of nitrogens with one attached hydrogen (secondary N) is 1. The summed E-state index contributed by atoms with van der Waals surface area (Å²) in [5.74, 6) is 1.45. The van der Waals surface area contributed by atoms with Gasteiger partial charge in [-0.15, -0.1) is 10.2 Å². The number of amides is 1. The Kier molecular flexibility index (Phi) is 6.89. The quantitative estimate of drug-likeness (QED) is 0.439. The standard InChI is InChI=1S/C20H24N4O3S/c1-14-17(9-11-27-14)18-22-23-20(24(18)13-16-7-5-4-6-8-16)28-15(2)19(25)21-10-12-26-3/h4-9,11,15H,10,12-13H2,1-3H3,(H,21,25)/t15-/m1/s1. The van der Waals surface area contributed by atoms with Gasteiger partial charge in [-0.25, -0.2) is 0 Å². The molecule has 0 aliphatic carbocycles. The highest BCUT2D eigenvalue weighted by Gasteiger charge is 2.22. The molecule has 3 rings (SSSR count). The first-order valence-corrected chi connectivity index (χ1v) is 9.93. The SMILES string of the molecule is COCCNC(=O)[C@@H](C)Sc1nnc(-c2ccoc2C)n1Cc1ccccc1. The number of rotatable bonds is 9. The van der Waals surface area contributed by atoms with Crippen LogP contribution in [0.3, 0.4) is 0 Å². The van der Waals surface area contributed by atoms with Gasteiger partial charge in [-0.05, 0) is 25.5 Å². The number of furan rings is 1. The number of benzene rings is 1. The fourth-order valence-corrected chi connectivity index (χ4v) is 3.61. The van der Waals surface area contributed by atoms with E-state index in [0.29, 0.717) is 24.9 Å². The number of methoxy groups -OCH3 is 1. The smallest absolute Gasteiger partial charge is 0.233 e. The molecule has 0 spiro atoms. The zero-order valence-corrected chi connectivity index (χ0v) is 17.0. The van der Waals surface area contributed by atoms with Crippen LogP contribution >= 0.6 is 11.8 Å². The number of ether oxygens (including phenoxy) is 1. The molecule has 1 aromatic carbocycles. The van der Waals surface area contributed by atoms with Crippen molar-refractivity contribution in [3.8, 4) is 11.4 Å². The Morgan fingerprint density at radius 3 is 2.75 bits per heavy atom. The lowest BCUT2D eigenvalue weighted by Crippen LogP contribution is -2.33. The average molecular weight is 401 g/mol. The predicted octanol–water partition coefficient (Wildman–Crippen LogP) is 3.14. The minimum atomic E-state index is -0.311. The molecule has 0 aliphatic rings. The summed E-state index contributed by atoms with van der Waals surface area (Å²) in [5.41, 5.74) is 2.02. The van der Waals surface area contributed by atoms with E-state index in [2.05, 4.69) is 27.6 Å². The van der Waals surface area contributed by atoms with Gasteiger partial charge < -0.3 is 14.5 Å². The Labute approximate surface area is 168 Å². The molecule has 7 nitrogen and oxygen atoms in total. The van der Waals surface area contributed by atoms with Crippen molar-refractivity contribution >= 4 is 17.7 Å². The van der Waals surface area contributed by atoms with Crippen molar-refractivity contribution in [2.45, 2.75) is 30.8 Å². The van der Waals surface area contributed by atoms with Crippen LogP contribution in [0.4, 0.5) is 0 Å². The van der Waals surface area contributed by atoms with Crippen molar-refractivity contribution in [3.63, 3.8) is 0 Å². The molecule has 0 bridgehead atoms. The Bertz CT molecular complexity index is 907. The van der Waals surface area contributed by atoms with Crippen LogP contribution in [0.1, 0.15) is 18.2 Å². The molecule has 1 atom stereocenters. The summed E-state index contributed by atoms with van der Waals surface area (Å²) in [4.78, 5) is 12.3. The molecule has 8 heteroatoms. The molecule has 0 saturated heterocycles. The number of hydrogen-bond acceptors (Lipinski definition) is 6. The van der Waals surface area contributed by atoms with Crippen LogP contribution in [0.25, 0.3) is 11.4 Å². The molecule has 0 aliphatic heterocycles. The summed E-state index contributed by atoms with van der Waals surface area (Å²) in [7, 11) is 1.61. The number of thioether (sulfide) groups is 1. The van der Waals surface area contributed by atoms with Crippen molar-refractivity contribution in [2.75, 3.05) is 20.3 Å². The molecule has 1 amide bonds. The van der Waals surface area contributed by atoms with Gasteiger partial charge in [-0.3, -0.25) is 9.36 Å². The molecule has 3 aromatic rings. The maximum atomic E-state index is 12.3. The van der Waals surface area contributed by atoms with Gasteiger partial charge in [-0.1, -0.05) is 42.1 Å². The third-order valence-electron chi connectivity index (χ3n) is 4.26. The van der Waals surface area contributed by atoms with Gasteiger partial charge in [0.05, 0.1) is 30.2 Å². The third kappa shape index (κ3) is 4.82. The van der Waals surface area contributed by atoms with Crippen LogP contribution in [0.5, 0.6) is 0 Å². The van der Waals surface area contributed by atoms with Gasteiger partial charge in [0, 0.05) is 13.7 Å². The molecule has 0 saturated carbocycles. The zero-order valence-electron chi connectivity index (χ0n) is 16.2. The van der Waals surface area contributed by atoms with E-state index < -0.39 is 0 Å². The Hall–Kier alpha value is -2.58. The van der Waals surface area contributed by atoms with Crippen LogP contribution in [0.2, 0.25) is 0 Å². The van der Waals surface area contributed by atoms with Gasteiger partial charge in [0.25, 0.3) is 0 Å². The van der Waals surface area contributed by atoms with Gasteiger partial charge in [0.1, 0.15) is 5.76 Å². The van der Waals surface area contributed by atoms with Crippen molar-refractivity contribution in [2.24, 2.45) is 0 Å². The minimum absolute atomic E-state index is 0.0580. The first kappa shape index (κ1) is 20.2. The Balaban J connectivity index is 1.85. The zero-order chi connectivity index (χ0) is 19.9. The molecular weight excluding hydrogens is 376 g/mol. The van der Waals surface area contributed by atoms with Crippen molar-refractivity contribution in [1.82, 2.24) is 20.1 Å². The first-order valence-electron chi connectivity index (χ1n) is 9.05. The van der Waals surface area contributed by atoms with E-state index in [0.717, 1.165) is 22.7 Å². The van der Waals surface area contributed by atoms with E-state index in [-0.39, 0.29) is 11.2 Å². The predicted molar refractivity (Wildman–Crippen MR) is 108 cm³/mol. The maximum absolute atomic E-state index is 12.3. The minimum Gasteiger partial charge on any atom is -0.469 e. The normalized spacial score (nSPS) is 12.1. The van der Waals surface area contributed by atoms with E-state index in [9.17, 15) is 4.79 Å². The van der Waals surface area contributed by atoms with E-state index in [1.807, 2.05) is 42.7 Å². The van der Waals surface area contributed by atoms with Crippen molar-refractivity contribution < 1.29 is 13.9 Å². The Morgan fingerprint density at radius 2 is 2.07 bits per heavy atom. The molecule has 2 aromatic heterocycles. The Morgan fingerprint density at radius 1 is 1.29 bits per heavy atom. The summed E-state index contributed by atoms with van der Waals surface area (Å²) in [6, 6.07) is 12.0. The van der Waals surface area contributed by atoms with Crippen LogP contribution in [0, 0.1) is 6.92 Å². The lowest BCUT2D eigenvalue weighted by molar-refractivity contribution is -0.120. The highest BCUT2D eigenvalue weighted by molar-refractivity contribution is 8.00. The summed E-state index contributed by atoms with van der Waals surface area (Å²) >= 11 is 1.39. The first-order chi connectivity index (χ1) is 13.6. The van der Waals surface area contributed by atoms with Crippen LogP contribution in [0.15, 0.2) is 52.2 Å². The second-order valence-corrected chi connectivity index (χ2v) is 7.62. The number of hydrogen-bond donors (Lipinski definition) is 1. The van der Waals surface area contributed by atoms with Gasteiger partial charge in [-0.2, -0.15) is 0 Å². The molecule has 0 fully saturated rings. The summed E-state index contributed by atoms with van der Waals surface area (Å²) in [6.07, 6.45) is 1.64. The third-order valence-corrected chi connectivity index (χ3v) is 5.34. The number of nitrogens with zero attached hydrogens (tertiary/aromatic N) is 3. The van der Waals surface area contributed by atoms with Crippen LogP contribution in [-0.4, -0.2) is 46.2 Å². The second kappa shape index (κ2) is 9.57. The molecule has 148 valence electrons. The molecule has 28 heavy (non-hydrogen) atoms. The van der Waals surface area contributed by atoms with E-state index in [1.165, 1.54) is 11.8 Å². The largest absolute Gasteiger partial charge is 0.469 e. The van der Waals surface area contributed by atoms with Gasteiger partial charge in [0.2, 0.25) is 5.91 Å². The number of carbonyl (C=O) groups is 1. The lowest BCUT2D eigenvalue weighted by Gasteiger charge is -2.14. The maximum Gasteiger partial charge on any atom is 0.233 e. The monoisotopic (exact) mass is 400 g/mol. The van der Waals surface area contributed by atoms with Crippen LogP contribution < -0.4 is 5.32 Å². The topological polar surface area (TPSA) is 82.2 Å². The summed E-state index contributed by atoms with van der Waals surface area (Å²) < 4.78 is 12.4. The van der Waals surface area contributed by atoms with E-state index >= 15 is 0 Å². The van der Waals surface area contributed by atoms with E-state index in [1.54, 1.807) is 13.4 Å². The summed E-state index contributed by atoms with van der Waals surface area (Å²) in [6.45, 7) is 5.33. The lowest BCUT2D eigenvalue weighted by atomic mass is 10.2. The highest BCUT2D eigenvalue weighted by Crippen LogP contribution is 2.29. The highest BCUT2D eigenvalue weighted by atomic mass is 32.2. The van der Waals surface area contributed by atoms with Crippen molar-refractivity contribution in [3.05, 3.63) is 54.0 Å². The van der Waals surface area contributed by atoms with Gasteiger partial charge in [0.15, 0.2) is 11.0 Å². The number of aromatic nitrogens is 3. The fourth-order valence-electron chi connectivity index (χ4n) is 2.73. The second-order valence-electron chi connectivity index (χ2n) is 6.31. The van der Waals surface area contributed by atoms with Gasteiger partial charge >= 0.3 is 0 Å². The van der Waals surface area contributed by atoms with Crippen LogP contribution in [-0.2, 0) is 16.1 Å². The molecule has 0 unspecified atom stereocenters. The number of aryl methyl sites for hydroxylation is 1. The number of carbonyl (C=O) groups excluding carboxylic acids is 1.